The quantitative estimate of drug-likeness (QED) is 0.449. The van der Waals surface area contributed by atoms with Crippen LogP contribution in [0.5, 0.6) is 0 Å². The Labute approximate surface area is 120 Å². The van der Waals surface area contributed by atoms with Crippen LogP contribution in [-0.2, 0) is 11.3 Å². The first-order valence-electron chi connectivity index (χ1n) is 6.49. The van der Waals surface area contributed by atoms with Crippen molar-refractivity contribution >= 4 is 11.4 Å². The van der Waals surface area contributed by atoms with Gasteiger partial charge in [-0.3, -0.25) is 10.1 Å². The summed E-state index contributed by atoms with van der Waals surface area (Å²) in [7, 11) is 0. The predicted octanol–water partition coefficient (Wildman–Crippen LogP) is 3.89. The minimum Gasteiger partial charge on any atom is -0.380 e. The van der Waals surface area contributed by atoms with E-state index in [1.54, 1.807) is 12.1 Å². The minimum atomic E-state index is -4.18. The molecule has 1 aromatic carbocycles. The van der Waals surface area contributed by atoms with Crippen molar-refractivity contribution in [3.8, 4) is 0 Å². The standard InChI is InChI=1S/C13H17F3N2O3/c1-2-17-11-5-4-10(8-12(11)18(19)20)9-21-7-3-6-13(14,15)16/h4-5,8,17H,2-3,6-7,9H2,1H3. The maximum Gasteiger partial charge on any atom is 0.389 e. The highest BCUT2D eigenvalue weighted by Gasteiger charge is 2.25. The summed E-state index contributed by atoms with van der Waals surface area (Å²) in [4.78, 5) is 10.4. The molecule has 0 aliphatic carbocycles. The fraction of sp³-hybridized carbons (Fsp3) is 0.538. The Kier molecular flexibility index (Phi) is 6.41. The van der Waals surface area contributed by atoms with Gasteiger partial charge in [0.15, 0.2) is 0 Å². The van der Waals surface area contributed by atoms with Crippen molar-refractivity contribution in [2.45, 2.75) is 32.5 Å². The summed E-state index contributed by atoms with van der Waals surface area (Å²) in [5, 5.41) is 13.8. The molecule has 1 N–H and O–H groups in total. The monoisotopic (exact) mass is 306 g/mol. The molecule has 0 fully saturated rings. The van der Waals surface area contributed by atoms with E-state index in [2.05, 4.69) is 5.32 Å². The van der Waals surface area contributed by atoms with Gasteiger partial charge in [-0.2, -0.15) is 13.2 Å². The van der Waals surface area contributed by atoms with E-state index >= 15 is 0 Å². The van der Waals surface area contributed by atoms with Crippen LogP contribution in [-0.4, -0.2) is 24.3 Å². The van der Waals surface area contributed by atoms with Crippen LogP contribution in [0.4, 0.5) is 24.5 Å². The van der Waals surface area contributed by atoms with Gasteiger partial charge in [-0.25, -0.2) is 0 Å². The maximum atomic E-state index is 11.9. The Bertz CT molecular complexity index is 478. The van der Waals surface area contributed by atoms with Gasteiger partial charge in [0, 0.05) is 25.6 Å². The fourth-order valence-electron chi connectivity index (χ4n) is 1.72. The highest BCUT2D eigenvalue weighted by Crippen LogP contribution is 2.26. The number of benzene rings is 1. The van der Waals surface area contributed by atoms with E-state index in [4.69, 9.17) is 4.74 Å². The van der Waals surface area contributed by atoms with E-state index < -0.39 is 17.5 Å². The molecule has 0 amide bonds. The van der Waals surface area contributed by atoms with Crippen molar-refractivity contribution in [2.75, 3.05) is 18.5 Å². The van der Waals surface area contributed by atoms with Crippen molar-refractivity contribution in [1.82, 2.24) is 0 Å². The van der Waals surface area contributed by atoms with Crippen LogP contribution in [0.3, 0.4) is 0 Å². The summed E-state index contributed by atoms with van der Waals surface area (Å²) < 4.78 is 40.9. The molecule has 0 saturated carbocycles. The highest BCUT2D eigenvalue weighted by molar-refractivity contribution is 5.62. The number of ether oxygens (including phenoxy) is 1. The number of nitrogens with one attached hydrogen (secondary N) is 1. The van der Waals surface area contributed by atoms with Crippen molar-refractivity contribution in [1.29, 1.82) is 0 Å². The number of hydrogen-bond acceptors (Lipinski definition) is 4. The Morgan fingerprint density at radius 3 is 2.67 bits per heavy atom. The number of nitro groups is 1. The van der Waals surface area contributed by atoms with Gasteiger partial charge in [0.25, 0.3) is 5.69 Å². The molecule has 0 aromatic heterocycles. The summed E-state index contributed by atoms with van der Waals surface area (Å²) in [6, 6.07) is 4.58. The van der Waals surface area contributed by atoms with E-state index in [9.17, 15) is 23.3 Å². The molecule has 21 heavy (non-hydrogen) atoms. The lowest BCUT2D eigenvalue weighted by atomic mass is 10.2. The summed E-state index contributed by atoms with van der Waals surface area (Å²) in [6.45, 7) is 2.38. The van der Waals surface area contributed by atoms with E-state index in [-0.39, 0.29) is 25.3 Å². The molecular formula is C13H17F3N2O3. The Morgan fingerprint density at radius 1 is 1.38 bits per heavy atom. The van der Waals surface area contributed by atoms with Crippen LogP contribution in [0.15, 0.2) is 18.2 Å². The number of anilines is 1. The molecule has 0 aliphatic rings. The molecule has 0 unspecified atom stereocenters. The summed E-state index contributed by atoms with van der Waals surface area (Å²) in [5.74, 6) is 0. The first-order valence-corrected chi connectivity index (χ1v) is 6.49. The zero-order valence-electron chi connectivity index (χ0n) is 11.6. The van der Waals surface area contributed by atoms with Gasteiger partial charge in [-0.05, 0) is 25.0 Å². The first-order chi connectivity index (χ1) is 9.83. The Hall–Kier alpha value is -1.83. The van der Waals surface area contributed by atoms with Gasteiger partial charge >= 0.3 is 6.18 Å². The molecule has 0 bridgehead atoms. The van der Waals surface area contributed by atoms with Gasteiger partial charge in [-0.15, -0.1) is 0 Å². The van der Waals surface area contributed by atoms with Crippen LogP contribution in [0, 0.1) is 10.1 Å². The molecule has 0 aliphatic heterocycles. The van der Waals surface area contributed by atoms with Crippen LogP contribution in [0.2, 0.25) is 0 Å². The van der Waals surface area contributed by atoms with Gasteiger partial charge in [0.2, 0.25) is 0 Å². The lowest BCUT2D eigenvalue weighted by Crippen LogP contribution is -2.08. The second kappa shape index (κ2) is 7.82. The Morgan fingerprint density at radius 2 is 2.10 bits per heavy atom. The van der Waals surface area contributed by atoms with Gasteiger partial charge in [0.1, 0.15) is 5.69 Å². The number of halogens is 3. The molecule has 0 radical (unpaired) electrons. The van der Waals surface area contributed by atoms with Gasteiger partial charge in [0.05, 0.1) is 11.5 Å². The third kappa shape index (κ3) is 6.44. The number of nitrogens with zero attached hydrogens (tertiary/aromatic N) is 1. The highest BCUT2D eigenvalue weighted by atomic mass is 19.4. The van der Waals surface area contributed by atoms with Crippen molar-refractivity contribution in [3.63, 3.8) is 0 Å². The van der Waals surface area contributed by atoms with E-state index in [1.165, 1.54) is 6.07 Å². The van der Waals surface area contributed by atoms with Crippen LogP contribution in [0.1, 0.15) is 25.3 Å². The Balaban J connectivity index is 2.52. The molecular weight excluding hydrogens is 289 g/mol. The number of nitro benzene ring substituents is 1. The number of rotatable bonds is 8. The zero-order valence-corrected chi connectivity index (χ0v) is 11.6. The van der Waals surface area contributed by atoms with E-state index in [0.29, 0.717) is 17.8 Å². The normalized spacial score (nSPS) is 11.4. The molecule has 118 valence electrons. The minimum absolute atomic E-state index is 0.0394. The van der Waals surface area contributed by atoms with Crippen molar-refractivity contribution in [2.24, 2.45) is 0 Å². The third-order valence-corrected chi connectivity index (χ3v) is 2.64. The summed E-state index contributed by atoms with van der Waals surface area (Å²) in [5.41, 5.74) is 0.881. The van der Waals surface area contributed by atoms with Gasteiger partial charge in [-0.1, -0.05) is 6.07 Å². The van der Waals surface area contributed by atoms with Gasteiger partial charge < -0.3 is 10.1 Å². The number of hydrogen-bond donors (Lipinski definition) is 1. The topological polar surface area (TPSA) is 64.4 Å². The van der Waals surface area contributed by atoms with Crippen LogP contribution in [0.25, 0.3) is 0 Å². The molecule has 1 aromatic rings. The third-order valence-electron chi connectivity index (χ3n) is 2.64. The first kappa shape index (κ1) is 17.2. The summed E-state index contributed by atoms with van der Waals surface area (Å²) in [6.07, 6.45) is -5.21. The molecule has 0 saturated heterocycles. The molecule has 0 heterocycles. The molecule has 0 atom stereocenters. The van der Waals surface area contributed by atoms with Crippen LogP contribution >= 0.6 is 0 Å². The predicted molar refractivity (Wildman–Crippen MR) is 72.2 cm³/mol. The fourth-order valence-corrected chi connectivity index (χ4v) is 1.72. The van der Waals surface area contributed by atoms with Crippen molar-refractivity contribution < 1.29 is 22.8 Å². The SMILES string of the molecule is CCNc1ccc(COCCCC(F)(F)F)cc1[N+](=O)[O-]. The molecule has 8 heteroatoms. The second-order valence-electron chi connectivity index (χ2n) is 4.41. The summed E-state index contributed by atoms with van der Waals surface area (Å²) >= 11 is 0. The smallest absolute Gasteiger partial charge is 0.380 e. The number of alkyl halides is 3. The average molecular weight is 306 g/mol. The molecule has 1 rings (SSSR count). The second-order valence-corrected chi connectivity index (χ2v) is 4.41. The largest absolute Gasteiger partial charge is 0.389 e. The van der Waals surface area contributed by atoms with Crippen LogP contribution < -0.4 is 5.32 Å². The average Bonchev–Trinajstić information content (AvgIpc) is 2.38. The lowest BCUT2D eigenvalue weighted by molar-refractivity contribution is -0.384. The molecule has 5 nitrogen and oxygen atoms in total. The molecule has 0 spiro atoms. The maximum absolute atomic E-state index is 11.9. The zero-order chi connectivity index (χ0) is 15.9. The lowest BCUT2D eigenvalue weighted by Gasteiger charge is -2.09. The van der Waals surface area contributed by atoms with E-state index in [0.717, 1.165) is 0 Å². The van der Waals surface area contributed by atoms with E-state index in [1.807, 2.05) is 6.92 Å². The van der Waals surface area contributed by atoms with Crippen molar-refractivity contribution in [3.05, 3.63) is 33.9 Å².